The average molecular weight is 268 g/mol. The Bertz CT molecular complexity index is 346. The summed E-state index contributed by atoms with van der Waals surface area (Å²) in [6.07, 6.45) is 1.29. The summed E-state index contributed by atoms with van der Waals surface area (Å²) in [5, 5.41) is 2.98. The molecule has 19 heavy (non-hydrogen) atoms. The van der Waals surface area contributed by atoms with Crippen LogP contribution in [0.5, 0.6) is 0 Å². The summed E-state index contributed by atoms with van der Waals surface area (Å²) in [6, 6.07) is -0.332. The van der Waals surface area contributed by atoms with Crippen LogP contribution >= 0.6 is 0 Å². The fraction of sp³-hybridized carbons (Fsp3) is 0.867. The molecule has 0 bridgehead atoms. The molecule has 1 atom stereocenters. The number of hydrogen-bond acceptors (Lipinski definition) is 2. The highest BCUT2D eigenvalue weighted by Gasteiger charge is 2.49. The number of piperazine rings is 1. The highest BCUT2D eigenvalue weighted by molar-refractivity contribution is 5.99. The predicted molar refractivity (Wildman–Crippen MR) is 76.6 cm³/mol. The summed E-state index contributed by atoms with van der Waals surface area (Å²) >= 11 is 0. The van der Waals surface area contributed by atoms with Crippen molar-refractivity contribution in [3.05, 3.63) is 0 Å². The number of hydrogen-bond donors (Lipinski definition) is 1. The van der Waals surface area contributed by atoms with Crippen LogP contribution in [0.25, 0.3) is 0 Å². The highest BCUT2D eigenvalue weighted by Crippen LogP contribution is 2.28. The van der Waals surface area contributed by atoms with Crippen molar-refractivity contribution in [2.24, 2.45) is 11.8 Å². The minimum atomic E-state index is -0.697. The number of carbonyl (C=O) groups is 2. The summed E-state index contributed by atoms with van der Waals surface area (Å²) < 4.78 is 0. The molecule has 2 amide bonds. The Morgan fingerprint density at radius 1 is 1.16 bits per heavy atom. The van der Waals surface area contributed by atoms with Gasteiger partial charge in [0.05, 0.1) is 0 Å². The quantitative estimate of drug-likeness (QED) is 0.831. The molecule has 0 spiro atoms. The Hall–Kier alpha value is -1.06. The number of amides is 2. The number of nitrogens with zero attached hydrogens (tertiary/aromatic N) is 1. The van der Waals surface area contributed by atoms with E-state index >= 15 is 0 Å². The normalized spacial score (nSPS) is 23.2. The van der Waals surface area contributed by atoms with Gasteiger partial charge in [-0.2, -0.15) is 0 Å². The maximum atomic E-state index is 12.8. The zero-order valence-corrected chi connectivity index (χ0v) is 13.1. The van der Waals surface area contributed by atoms with Crippen LogP contribution in [0.3, 0.4) is 0 Å². The van der Waals surface area contributed by atoms with Gasteiger partial charge >= 0.3 is 0 Å². The molecule has 1 aliphatic heterocycles. The molecule has 1 rings (SSSR count). The molecule has 0 aromatic heterocycles. The van der Waals surface area contributed by atoms with Crippen LogP contribution in [0.4, 0.5) is 0 Å². The van der Waals surface area contributed by atoms with Crippen molar-refractivity contribution in [1.82, 2.24) is 10.2 Å². The third-order valence-electron chi connectivity index (χ3n) is 4.04. The Morgan fingerprint density at radius 3 is 2.05 bits per heavy atom. The third kappa shape index (κ3) is 2.93. The van der Waals surface area contributed by atoms with Crippen LogP contribution in [-0.2, 0) is 9.59 Å². The van der Waals surface area contributed by atoms with Crippen LogP contribution < -0.4 is 5.32 Å². The molecule has 4 nitrogen and oxygen atoms in total. The Morgan fingerprint density at radius 2 is 1.68 bits per heavy atom. The predicted octanol–water partition coefficient (Wildman–Crippen LogP) is 2.18. The molecule has 1 aliphatic rings. The second-order valence-corrected chi connectivity index (χ2v) is 6.32. The van der Waals surface area contributed by atoms with Gasteiger partial charge < -0.3 is 10.2 Å². The molecule has 0 aromatic rings. The van der Waals surface area contributed by atoms with E-state index in [4.69, 9.17) is 0 Å². The molecule has 1 unspecified atom stereocenters. The van der Waals surface area contributed by atoms with Gasteiger partial charge in [-0.15, -0.1) is 0 Å². The molecule has 1 heterocycles. The van der Waals surface area contributed by atoms with Crippen molar-refractivity contribution in [2.75, 3.05) is 6.54 Å². The van der Waals surface area contributed by atoms with Crippen molar-refractivity contribution in [3.63, 3.8) is 0 Å². The number of nitrogens with one attached hydrogen (secondary N) is 1. The van der Waals surface area contributed by atoms with Crippen LogP contribution in [0.2, 0.25) is 0 Å². The molecule has 0 saturated carbocycles. The van der Waals surface area contributed by atoms with Gasteiger partial charge in [0.1, 0.15) is 11.6 Å². The third-order valence-corrected chi connectivity index (χ3v) is 4.04. The van der Waals surface area contributed by atoms with Crippen LogP contribution in [0, 0.1) is 11.8 Å². The van der Waals surface area contributed by atoms with Crippen molar-refractivity contribution >= 4 is 11.8 Å². The van der Waals surface area contributed by atoms with Crippen molar-refractivity contribution in [1.29, 1.82) is 0 Å². The first-order valence-electron chi connectivity index (χ1n) is 7.42. The summed E-state index contributed by atoms with van der Waals surface area (Å²) in [4.78, 5) is 27.0. The first kappa shape index (κ1) is 16.0. The minimum absolute atomic E-state index is 0.000972. The minimum Gasteiger partial charge on any atom is -0.340 e. The lowest BCUT2D eigenvalue weighted by Crippen LogP contribution is -2.71. The fourth-order valence-electron chi connectivity index (χ4n) is 2.89. The van der Waals surface area contributed by atoms with E-state index in [1.807, 2.05) is 27.7 Å². The summed E-state index contributed by atoms with van der Waals surface area (Å²) in [5.41, 5.74) is -0.697. The Balaban J connectivity index is 3.15. The molecule has 1 fully saturated rings. The molecule has 110 valence electrons. The molecule has 1 N–H and O–H groups in total. The van der Waals surface area contributed by atoms with Crippen molar-refractivity contribution in [2.45, 2.75) is 66.0 Å². The molecule has 0 aromatic carbocycles. The smallest absolute Gasteiger partial charge is 0.249 e. The monoisotopic (exact) mass is 268 g/mol. The average Bonchev–Trinajstić information content (AvgIpc) is 2.32. The number of carbonyl (C=O) groups excluding carboxylic acids is 2. The molecular weight excluding hydrogens is 240 g/mol. The van der Waals surface area contributed by atoms with Gasteiger partial charge in [-0.25, -0.2) is 0 Å². The highest BCUT2D eigenvalue weighted by atomic mass is 16.2. The Labute approximate surface area is 116 Å². The lowest BCUT2D eigenvalue weighted by Gasteiger charge is -2.47. The lowest BCUT2D eigenvalue weighted by atomic mass is 9.84. The van der Waals surface area contributed by atoms with Gasteiger partial charge in [0.15, 0.2) is 0 Å². The molecule has 0 radical (unpaired) electrons. The first-order chi connectivity index (χ1) is 8.79. The summed E-state index contributed by atoms with van der Waals surface area (Å²) in [5.74, 6) is 0.584. The van der Waals surface area contributed by atoms with Gasteiger partial charge in [-0.05, 0) is 24.7 Å². The van der Waals surface area contributed by atoms with Crippen molar-refractivity contribution < 1.29 is 9.59 Å². The second-order valence-electron chi connectivity index (χ2n) is 6.32. The first-order valence-corrected chi connectivity index (χ1v) is 7.42. The topological polar surface area (TPSA) is 49.4 Å². The van der Waals surface area contributed by atoms with Crippen LogP contribution in [0.15, 0.2) is 0 Å². The fourth-order valence-corrected chi connectivity index (χ4v) is 2.89. The van der Waals surface area contributed by atoms with E-state index in [1.165, 1.54) is 0 Å². The molecular formula is C15H28N2O2. The summed E-state index contributed by atoms with van der Waals surface area (Å²) in [7, 11) is 0. The molecule has 0 aliphatic carbocycles. The van der Waals surface area contributed by atoms with E-state index in [1.54, 1.807) is 4.90 Å². The second kappa shape index (κ2) is 5.93. The van der Waals surface area contributed by atoms with Crippen LogP contribution in [-0.4, -0.2) is 34.8 Å². The summed E-state index contributed by atoms with van der Waals surface area (Å²) in [6.45, 7) is 12.7. The Kier molecular flexibility index (Phi) is 4.99. The maximum absolute atomic E-state index is 12.8. The van der Waals surface area contributed by atoms with Gasteiger partial charge in [0.2, 0.25) is 11.8 Å². The van der Waals surface area contributed by atoms with E-state index in [2.05, 4.69) is 19.2 Å². The number of rotatable bonds is 5. The van der Waals surface area contributed by atoms with Crippen LogP contribution in [0.1, 0.15) is 54.4 Å². The van der Waals surface area contributed by atoms with Crippen molar-refractivity contribution in [3.8, 4) is 0 Å². The standard InChI is InChI=1S/C15H28N2O2/c1-7-15(8-2)14(19)17(9-10(3)4)12(11(5)6)13(18)16-15/h10-12H,7-9H2,1-6H3,(H,16,18). The lowest BCUT2D eigenvalue weighted by molar-refractivity contribution is -0.158. The van der Waals surface area contributed by atoms with E-state index in [9.17, 15) is 9.59 Å². The van der Waals surface area contributed by atoms with E-state index < -0.39 is 5.54 Å². The molecule has 1 saturated heterocycles. The zero-order valence-electron chi connectivity index (χ0n) is 13.1. The SMILES string of the molecule is CCC1(CC)NC(=O)C(C(C)C)N(CC(C)C)C1=O. The maximum Gasteiger partial charge on any atom is 0.249 e. The van der Waals surface area contributed by atoms with E-state index in [-0.39, 0.29) is 23.8 Å². The van der Waals surface area contributed by atoms with E-state index in [0.717, 1.165) is 0 Å². The zero-order chi connectivity index (χ0) is 14.8. The van der Waals surface area contributed by atoms with Gasteiger partial charge in [-0.1, -0.05) is 41.5 Å². The van der Waals surface area contributed by atoms with Gasteiger partial charge in [0, 0.05) is 6.54 Å². The van der Waals surface area contributed by atoms with Gasteiger partial charge in [0.25, 0.3) is 0 Å². The van der Waals surface area contributed by atoms with E-state index in [0.29, 0.717) is 25.3 Å². The largest absolute Gasteiger partial charge is 0.340 e. The van der Waals surface area contributed by atoms with Gasteiger partial charge in [-0.3, -0.25) is 9.59 Å². The molecule has 4 heteroatoms.